The van der Waals surface area contributed by atoms with E-state index >= 15 is 0 Å². The average molecular weight is 503 g/mol. The van der Waals surface area contributed by atoms with E-state index < -0.39 is 15.9 Å². The predicted molar refractivity (Wildman–Crippen MR) is 139 cm³/mol. The van der Waals surface area contributed by atoms with Crippen molar-refractivity contribution in [2.24, 2.45) is 0 Å². The second-order valence-electron chi connectivity index (χ2n) is 7.10. The van der Waals surface area contributed by atoms with Crippen molar-refractivity contribution in [2.75, 3.05) is 5.32 Å². The highest BCUT2D eigenvalue weighted by atomic mass is 35.6. The molecule has 0 aliphatic carbocycles. The molecule has 0 spiro atoms. The van der Waals surface area contributed by atoms with Crippen molar-refractivity contribution in [3.05, 3.63) is 90.5 Å². The van der Waals surface area contributed by atoms with Crippen molar-refractivity contribution in [3.8, 4) is 0 Å². The fraction of sp³-hybridized carbons (Fsp3) is 0.0833. The van der Waals surface area contributed by atoms with Crippen LogP contribution in [0.15, 0.2) is 84.9 Å². The van der Waals surface area contributed by atoms with Gasteiger partial charge in [0.1, 0.15) is 6.17 Å². The van der Waals surface area contributed by atoms with Crippen LogP contribution < -0.4 is 16.0 Å². The van der Waals surface area contributed by atoms with Crippen molar-refractivity contribution in [1.82, 2.24) is 10.6 Å². The van der Waals surface area contributed by atoms with Gasteiger partial charge in [-0.25, -0.2) is 0 Å². The van der Waals surface area contributed by atoms with Gasteiger partial charge in [0, 0.05) is 16.6 Å². The van der Waals surface area contributed by atoms with E-state index in [1.165, 1.54) is 0 Å². The number of thiocarbonyl (C=S) groups is 1. The Morgan fingerprint density at radius 1 is 0.750 bits per heavy atom. The second kappa shape index (κ2) is 9.51. The zero-order valence-electron chi connectivity index (χ0n) is 16.6. The molecule has 162 valence electrons. The second-order valence-corrected chi connectivity index (χ2v) is 9.88. The number of hydrogen-bond acceptors (Lipinski definition) is 2. The summed E-state index contributed by atoms with van der Waals surface area (Å²) in [6, 6.07) is 26.8. The summed E-state index contributed by atoms with van der Waals surface area (Å²) in [6.07, 6.45) is -1.08. The lowest BCUT2D eigenvalue weighted by Crippen LogP contribution is -2.56. The molecule has 1 atom stereocenters. The third-order valence-corrected chi connectivity index (χ3v) is 5.82. The molecule has 4 nitrogen and oxygen atoms in total. The number of anilines is 1. The molecular formula is C24H18Cl3N3OS. The van der Waals surface area contributed by atoms with Crippen LogP contribution in [0.2, 0.25) is 0 Å². The topological polar surface area (TPSA) is 53.2 Å². The van der Waals surface area contributed by atoms with Crippen LogP contribution >= 0.6 is 47.0 Å². The largest absolute Gasteiger partial charge is 0.339 e. The molecule has 0 radical (unpaired) electrons. The van der Waals surface area contributed by atoms with Crippen LogP contribution in [0.5, 0.6) is 0 Å². The molecule has 0 aliphatic heterocycles. The highest BCUT2D eigenvalue weighted by molar-refractivity contribution is 7.80. The maximum atomic E-state index is 13.0. The Hall–Kier alpha value is -2.57. The minimum atomic E-state index is -1.86. The van der Waals surface area contributed by atoms with Crippen molar-refractivity contribution in [3.63, 3.8) is 0 Å². The van der Waals surface area contributed by atoms with E-state index in [4.69, 9.17) is 47.0 Å². The number of nitrogens with one attached hydrogen (secondary N) is 3. The Labute approximate surface area is 205 Å². The first kappa shape index (κ1) is 22.6. The van der Waals surface area contributed by atoms with Gasteiger partial charge in [0.05, 0.1) is 0 Å². The highest BCUT2D eigenvalue weighted by Gasteiger charge is 2.35. The standard InChI is InChI=1S/C24H18Cl3N3OS/c25-24(26,27)22(29-21(31)19-13-5-9-15-7-1-3-11-17(15)19)30-23(32)28-20-14-6-10-16-8-2-4-12-18(16)20/h1-14,22H,(H,29,31)(H2,28,30,32)/t22-/m0/s1. The molecule has 0 bridgehead atoms. The summed E-state index contributed by atoms with van der Waals surface area (Å²) in [5.74, 6) is -0.390. The maximum Gasteiger partial charge on any atom is 0.253 e. The summed E-state index contributed by atoms with van der Waals surface area (Å²) in [4.78, 5) is 13.0. The molecule has 0 saturated carbocycles. The SMILES string of the molecule is O=C(N[C@@H](NC(=S)Nc1cccc2ccccc12)C(Cl)(Cl)Cl)c1cccc2ccccc12. The smallest absolute Gasteiger partial charge is 0.253 e. The molecule has 4 rings (SSSR count). The molecule has 4 aromatic rings. The van der Waals surface area contributed by atoms with Gasteiger partial charge in [0.15, 0.2) is 5.11 Å². The molecular weight excluding hydrogens is 485 g/mol. The van der Waals surface area contributed by atoms with Gasteiger partial charge in [-0.1, -0.05) is 108 Å². The molecule has 0 aliphatic rings. The third-order valence-electron chi connectivity index (χ3n) is 4.95. The van der Waals surface area contributed by atoms with E-state index in [9.17, 15) is 4.79 Å². The quantitative estimate of drug-likeness (QED) is 0.172. The first-order chi connectivity index (χ1) is 15.3. The van der Waals surface area contributed by atoms with E-state index in [0.29, 0.717) is 5.56 Å². The third kappa shape index (κ3) is 5.08. The molecule has 0 aromatic heterocycles. The van der Waals surface area contributed by atoms with Gasteiger partial charge in [-0.2, -0.15) is 0 Å². The van der Waals surface area contributed by atoms with Crippen molar-refractivity contribution in [1.29, 1.82) is 0 Å². The van der Waals surface area contributed by atoms with Crippen LogP contribution in [0, 0.1) is 0 Å². The molecule has 1 amide bonds. The Bertz CT molecular complexity index is 1300. The predicted octanol–water partition coefficient (Wildman–Crippen LogP) is 6.41. The number of halogens is 3. The number of alkyl halides is 3. The fourth-order valence-electron chi connectivity index (χ4n) is 3.46. The summed E-state index contributed by atoms with van der Waals surface area (Å²) in [6.45, 7) is 0. The van der Waals surface area contributed by atoms with Crippen LogP contribution in [-0.4, -0.2) is 21.0 Å². The van der Waals surface area contributed by atoms with Crippen LogP contribution in [0.1, 0.15) is 10.4 Å². The van der Waals surface area contributed by atoms with Crippen molar-refractivity contribution >= 4 is 85.3 Å². The molecule has 8 heteroatoms. The number of carbonyl (C=O) groups is 1. The monoisotopic (exact) mass is 501 g/mol. The lowest BCUT2D eigenvalue weighted by atomic mass is 10.0. The molecule has 0 heterocycles. The normalized spacial score (nSPS) is 12.3. The Morgan fingerprint density at radius 3 is 2.00 bits per heavy atom. The van der Waals surface area contributed by atoms with E-state index in [1.54, 1.807) is 6.07 Å². The summed E-state index contributed by atoms with van der Waals surface area (Å²) in [7, 11) is 0. The molecule has 0 fully saturated rings. The molecule has 3 N–H and O–H groups in total. The van der Waals surface area contributed by atoms with Gasteiger partial charge in [-0.15, -0.1) is 0 Å². The Morgan fingerprint density at radius 2 is 1.31 bits per heavy atom. The Kier molecular flexibility index (Phi) is 6.72. The summed E-state index contributed by atoms with van der Waals surface area (Å²) < 4.78 is -1.86. The van der Waals surface area contributed by atoms with Gasteiger partial charge in [-0.3, -0.25) is 4.79 Å². The lowest BCUT2D eigenvalue weighted by molar-refractivity contribution is 0.0936. The van der Waals surface area contributed by atoms with Gasteiger partial charge in [-0.05, 0) is 40.5 Å². The molecule has 32 heavy (non-hydrogen) atoms. The first-order valence-corrected chi connectivity index (χ1v) is 11.3. The fourth-order valence-corrected chi connectivity index (χ4v) is 4.01. The first-order valence-electron chi connectivity index (χ1n) is 9.73. The molecule has 0 unspecified atom stereocenters. The maximum absolute atomic E-state index is 13.0. The van der Waals surface area contributed by atoms with Crippen molar-refractivity contribution in [2.45, 2.75) is 9.96 Å². The number of benzene rings is 4. The minimum Gasteiger partial charge on any atom is -0.339 e. The molecule has 0 saturated heterocycles. The number of amides is 1. The van der Waals surface area contributed by atoms with E-state index in [1.807, 2.05) is 78.9 Å². The van der Waals surface area contributed by atoms with E-state index in [-0.39, 0.29) is 5.11 Å². The lowest BCUT2D eigenvalue weighted by Gasteiger charge is -2.28. The van der Waals surface area contributed by atoms with Crippen LogP contribution in [0.4, 0.5) is 5.69 Å². The highest BCUT2D eigenvalue weighted by Crippen LogP contribution is 2.30. The van der Waals surface area contributed by atoms with Gasteiger partial charge in [0.2, 0.25) is 3.79 Å². The van der Waals surface area contributed by atoms with Gasteiger partial charge >= 0.3 is 0 Å². The summed E-state index contributed by atoms with van der Waals surface area (Å²) in [5, 5.41) is 12.8. The van der Waals surface area contributed by atoms with Crippen molar-refractivity contribution < 1.29 is 4.79 Å². The van der Waals surface area contributed by atoms with Crippen LogP contribution in [0.3, 0.4) is 0 Å². The zero-order valence-corrected chi connectivity index (χ0v) is 19.7. The molecule has 4 aromatic carbocycles. The summed E-state index contributed by atoms with van der Waals surface area (Å²) in [5.41, 5.74) is 1.26. The number of carbonyl (C=O) groups excluding carboxylic acids is 1. The van der Waals surface area contributed by atoms with E-state index in [0.717, 1.165) is 27.2 Å². The summed E-state index contributed by atoms with van der Waals surface area (Å²) >= 11 is 23.9. The number of rotatable bonds is 4. The zero-order chi connectivity index (χ0) is 22.7. The van der Waals surface area contributed by atoms with Gasteiger partial charge in [0.25, 0.3) is 5.91 Å². The van der Waals surface area contributed by atoms with Gasteiger partial charge < -0.3 is 16.0 Å². The minimum absolute atomic E-state index is 0.205. The Balaban J connectivity index is 1.54. The van der Waals surface area contributed by atoms with Crippen LogP contribution in [-0.2, 0) is 0 Å². The average Bonchev–Trinajstić information content (AvgIpc) is 2.78. The number of hydrogen-bond donors (Lipinski definition) is 3. The number of fused-ring (bicyclic) bond motifs is 2. The van der Waals surface area contributed by atoms with Crippen LogP contribution in [0.25, 0.3) is 21.5 Å². The van der Waals surface area contributed by atoms with E-state index in [2.05, 4.69) is 16.0 Å².